The van der Waals surface area contributed by atoms with Crippen molar-refractivity contribution in [1.82, 2.24) is 4.90 Å². The Balaban J connectivity index is 0.000000686. The molecule has 1 aromatic carbocycles. The highest BCUT2D eigenvalue weighted by Crippen LogP contribution is 2.17. The van der Waals surface area contributed by atoms with E-state index in [1.54, 1.807) is 0 Å². The maximum Gasteiger partial charge on any atom is 0.253 e. The third kappa shape index (κ3) is 3.56. The summed E-state index contributed by atoms with van der Waals surface area (Å²) in [5.74, 6) is 0.615. The van der Waals surface area contributed by atoms with E-state index in [0.29, 0.717) is 12.5 Å². The van der Waals surface area contributed by atoms with Crippen molar-refractivity contribution in [3.05, 3.63) is 35.9 Å². The molecule has 1 aliphatic rings. The zero-order valence-corrected chi connectivity index (χ0v) is 10.7. The fourth-order valence-corrected chi connectivity index (χ4v) is 1.97. The lowest BCUT2D eigenvalue weighted by Gasteiger charge is -2.16. The lowest BCUT2D eigenvalue weighted by atomic mass is 10.1. The van der Waals surface area contributed by atoms with Gasteiger partial charge < -0.3 is 10.6 Å². The van der Waals surface area contributed by atoms with E-state index < -0.39 is 0 Å². The maximum atomic E-state index is 12.0. The molecule has 0 spiro atoms. The minimum atomic E-state index is 0.131. The molecule has 1 atom stereocenters. The Morgan fingerprint density at radius 3 is 2.53 bits per heavy atom. The number of hydrogen-bond acceptors (Lipinski definition) is 2. The van der Waals surface area contributed by atoms with Gasteiger partial charge in [0.15, 0.2) is 0 Å². The number of nitrogens with zero attached hydrogens (tertiary/aromatic N) is 1. The Hall–Kier alpha value is -1.35. The van der Waals surface area contributed by atoms with Gasteiger partial charge in [0.2, 0.25) is 0 Å². The summed E-state index contributed by atoms with van der Waals surface area (Å²) in [7, 11) is 0. The van der Waals surface area contributed by atoms with Gasteiger partial charge in [-0.1, -0.05) is 32.0 Å². The van der Waals surface area contributed by atoms with Crippen molar-refractivity contribution in [2.75, 3.05) is 19.6 Å². The zero-order chi connectivity index (χ0) is 12.7. The first kappa shape index (κ1) is 13.7. The van der Waals surface area contributed by atoms with Gasteiger partial charge in [-0.15, -0.1) is 0 Å². The molecule has 1 aromatic rings. The van der Waals surface area contributed by atoms with Gasteiger partial charge in [-0.3, -0.25) is 4.79 Å². The Bertz CT molecular complexity index is 337. The Morgan fingerprint density at radius 1 is 1.35 bits per heavy atom. The summed E-state index contributed by atoms with van der Waals surface area (Å²) < 4.78 is 0. The molecule has 17 heavy (non-hydrogen) atoms. The quantitative estimate of drug-likeness (QED) is 0.852. The fraction of sp³-hybridized carbons (Fsp3) is 0.500. The van der Waals surface area contributed by atoms with Crippen molar-refractivity contribution in [3.8, 4) is 0 Å². The van der Waals surface area contributed by atoms with E-state index >= 15 is 0 Å². The summed E-state index contributed by atoms with van der Waals surface area (Å²) >= 11 is 0. The Morgan fingerprint density at radius 2 is 2.00 bits per heavy atom. The average Bonchev–Trinajstić information content (AvgIpc) is 2.90. The summed E-state index contributed by atoms with van der Waals surface area (Å²) in [6.45, 7) is 6.33. The minimum Gasteiger partial charge on any atom is -0.338 e. The molecule has 2 N–H and O–H groups in total. The van der Waals surface area contributed by atoms with Crippen molar-refractivity contribution in [2.24, 2.45) is 11.7 Å². The van der Waals surface area contributed by atoms with E-state index in [2.05, 4.69) is 0 Å². The van der Waals surface area contributed by atoms with Gasteiger partial charge in [-0.2, -0.15) is 0 Å². The SMILES string of the molecule is CC.NCC1CCN(C(=O)c2ccccc2)C1. The molecule has 1 unspecified atom stereocenters. The first-order chi connectivity index (χ1) is 8.31. The first-order valence-corrected chi connectivity index (χ1v) is 6.35. The van der Waals surface area contributed by atoms with Crippen molar-refractivity contribution < 1.29 is 4.79 Å². The third-order valence-electron chi connectivity index (χ3n) is 2.93. The fourth-order valence-electron chi connectivity index (χ4n) is 1.97. The second kappa shape index (κ2) is 7.07. The standard InChI is InChI=1S/C12H16N2O.C2H6/c13-8-10-6-7-14(9-10)12(15)11-4-2-1-3-5-11;1-2/h1-5,10H,6-9,13H2;1-2H3. The van der Waals surface area contributed by atoms with E-state index in [4.69, 9.17) is 5.73 Å². The lowest BCUT2D eigenvalue weighted by Crippen LogP contribution is -2.29. The van der Waals surface area contributed by atoms with E-state index in [1.165, 1.54) is 0 Å². The lowest BCUT2D eigenvalue weighted by molar-refractivity contribution is 0.0787. The van der Waals surface area contributed by atoms with Crippen LogP contribution in [0.4, 0.5) is 0 Å². The topological polar surface area (TPSA) is 46.3 Å². The molecule has 1 heterocycles. The van der Waals surface area contributed by atoms with Gasteiger partial charge in [0, 0.05) is 18.7 Å². The highest BCUT2D eigenvalue weighted by Gasteiger charge is 2.25. The molecule has 1 aliphatic heterocycles. The molecule has 1 fully saturated rings. The number of carbonyl (C=O) groups excluding carboxylic acids is 1. The number of carbonyl (C=O) groups is 1. The molecule has 2 rings (SSSR count). The van der Waals surface area contributed by atoms with Crippen LogP contribution in [0.3, 0.4) is 0 Å². The largest absolute Gasteiger partial charge is 0.338 e. The van der Waals surface area contributed by atoms with Gasteiger partial charge in [0.05, 0.1) is 0 Å². The van der Waals surface area contributed by atoms with Crippen LogP contribution in [0.25, 0.3) is 0 Å². The smallest absolute Gasteiger partial charge is 0.253 e. The Kier molecular flexibility index (Phi) is 5.70. The first-order valence-electron chi connectivity index (χ1n) is 6.35. The van der Waals surface area contributed by atoms with Crippen LogP contribution in [0.5, 0.6) is 0 Å². The third-order valence-corrected chi connectivity index (χ3v) is 2.93. The van der Waals surface area contributed by atoms with Crippen LogP contribution >= 0.6 is 0 Å². The van der Waals surface area contributed by atoms with Crippen molar-refractivity contribution in [1.29, 1.82) is 0 Å². The molecular weight excluding hydrogens is 212 g/mol. The molecule has 94 valence electrons. The summed E-state index contributed by atoms with van der Waals surface area (Å²) in [6.07, 6.45) is 1.04. The second-order valence-corrected chi connectivity index (χ2v) is 4.01. The summed E-state index contributed by atoms with van der Waals surface area (Å²) in [5.41, 5.74) is 6.37. The summed E-state index contributed by atoms with van der Waals surface area (Å²) in [5, 5.41) is 0. The molecule has 0 aliphatic carbocycles. The average molecular weight is 234 g/mol. The van der Waals surface area contributed by atoms with E-state index in [-0.39, 0.29) is 5.91 Å². The highest BCUT2D eigenvalue weighted by atomic mass is 16.2. The van der Waals surface area contributed by atoms with E-state index in [9.17, 15) is 4.79 Å². The van der Waals surface area contributed by atoms with Crippen molar-refractivity contribution in [3.63, 3.8) is 0 Å². The molecule has 0 aromatic heterocycles. The van der Waals surface area contributed by atoms with Crippen LogP contribution in [0.2, 0.25) is 0 Å². The molecule has 1 saturated heterocycles. The van der Waals surface area contributed by atoms with Gasteiger partial charge in [-0.05, 0) is 31.0 Å². The number of amides is 1. The van der Waals surface area contributed by atoms with Gasteiger partial charge >= 0.3 is 0 Å². The monoisotopic (exact) mass is 234 g/mol. The highest BCUT2D eigenvalue weighted by molar-refractivity contribution is 5.94. The van der Waals surface area contributed by atoms with E-state index in [1.807, 2.05) is 49.1 Å². The predicted octanol–water partition coefficient (Wildman–Crippen LogP) is 2.13. The molecule has 0 bridgehead atoms. The Labute approximate surface area is 104 Å². The molecule has 0 radical (unpaired) electrons. The molecule has 3 heteroatoms. The summed E-state index contributed by atoms with van der Waals surface area (Å²) in [4.78, 5) is 13.9. The number of benzene rings is 1. The summed E-state index contributed by atoms with van der Waals surface area (Å²) in [6, 6.07) is 9.42. The van der Waals surface area contributed by atoms with Crippen LogP contribution in [0.1, 0.15) is 30.6 Å². The van der Waals surface area contributed by atoms with Crippen LogP contribution in [-0.2, 0) is 0 Å². The molecule has 0 saturated carbocycles. The maximum absolute atomic E-state index is 12.0. The van der Waals surface area contributed by atoms with Gasteiger partial charge in [0.1, 0.15) is 0 Å². The normalized spacial score (nSPS) is 18.5. The van der Waals surface area contributed by atoms with Crippen LogP contribution < -0.4 is 5.73 Å². The second-order valence-electron chi connectivity index (χ2n) is 4.01. The van der Waals surface area contributed by atoms with Crippen molar-refractivity contribution in [2.45, 2.75) is 20.3 Å². The number of nitrogens with two attached hydrogens (primary N) is 1. The number of hydrogen-bond donors (Lipinski definition) is 1. The molecule has 1 amide bonds. The zero-order valence-electron chi connectivity index (χ0n) is 10.7. The van der Waals surface area contributed by atoms with Crippen LogP contribution in [0, 0.1) is 5.92 Å². The van der Waals surface area contributed by atoms with Gasteiger partial charge in [0.25, 0.3) is 5.91 Å². The van der Waals surface area contributed by atoms with Crippen LogP contribution in [0.15, 0.2) is 30.3 Å². The predicted molar refractivity (Wildman–Crippen MR) is 70.9 cm³/mol. The number of likely N-dealkylation sites (tertiary alicyclic amines) is 1. The van der Waals surface area contributed by atoms with E-state index in [0.717, 1.165) is 25.1 Å². The minimum absolute atomic E-state index is 0.131. The van der Waals surface area contributed by atoms with Gasteiger partial charge in [-0.25, -0.2) is 0 Å². The number of rotatable bonds is 2. The molecule has 3 nitrogen and oxygen atoms in total. The van der Waals surface area contributed by atoms with Crippen LogP contribution in [-0.4, -0.2) is 30.4 Å². The van der Waals surface area contributed by atoms with Crippen molar-refractivity contribution >= 4 is 5.91 Å². The molecular formula is C14H22N2O.